The molecule has 3 aromatic heterocycles. The molecule has 160 valence electrons. The van der Waals surface area contributed by atoms with Gasteiger partial charge >= 0.3 is 0 Å². The smallest absolute Gasteiger partial charge is 0.268 e. The molecule has 0 unspecified atom stereocenters. The lowest BCUT2D eigenvalue weighted by molar-refractivity contribution is 0.813. The van der Waals surface area contributed by atoms with E-state index in [-0.39, 0.29) is 11.1 Å². The van der Waals surface area contributed by atoms with E-state index in [2.05, 4.69) is 10.1 Å². The van der Waals surface area contributed by atoms with Crippen LogP contribution in [0.2, 0.25) is 0 Å². The van der Waals surface area contributed by atoms with Gasteiger partial charge in [0.25, 0.3) is 11.1 Å². The van der Waals surface area contributed by atoms with Gasteiger partial charge in [-0.05, 0) is 44.5 Å². The van der Waals surface area contributed by atoms with E-state index in [1.807, 2.05) is 57.2 Å². The van der Waals surface area contributed by atoms with Gasteiger partial charge in [0.2, 0.25) is 4.96 Å². The summed E-state index contributed by atoms with van der Waals surface area (Å²) in [6.45, 7) is 5.85. The Bertz CT molecular complexity index is 1620. The number of hydrogen-bond donors (Lipinski definition) is 0. The van der Waals surface area contributed by atoms with Crippen LogP contribution in [0, 0.1) is 20.8 Å². The van der Waals surface area contributed by atoms with E-state index in [4.69, 9.17) is 4.98 Å². The summed E-state index contributed by atoms with van der Waals surface area (Å²) in [4.78, 5) is 35.8. The van der Waals surface area contributed by atoms with Gasteiger partial charge in [-0.1, -0.05) is 52.9 Å². The van der Waals surface area contributed by atoms with Crippen LogP contribution in [0.15, 0.2) is 63.3 Å². The maximum atomic E-state index is 13.5. The fourth-order valence-electron chi connectivity index (χ4n) is 3.64. The van der Waals surface area contributed by atoms with Crippen molar-refractivity contribution < 1.29 is 0 Å². The predicted molar refractivity (Wildman–Crippen MR) is 128 cm³/mol. The van der Waals surface area contributed by atoms with Gasteiger partial charge in [0.15, 0.2) is 5.16 Å². The quantitative estimate of drug-likeness (QED) is 0.296. The highest BCUT2D eigenvalue weighted by Crippen LogP contribution is 2.26. The number of thioether (sulfide) groups is 1. The van der Waals surface area contributed by atoms with E-state index in [9.17, 15) is 9.59 Å². The second-order valence-electron chi connectivity index (χ2n) is 7.53. The fourth-order valence-corrected chi connectivity index (χ4v) is 5.31. The van der Waals surface area contributed by atoms with Crippen LogP contribution in [0.3, 0.4) is 0 Å². The Kier molecular flexibility index (Phi) is 5.15. The van der Waals surface area contributed by atoms with Crippen LogP contribution < -0.4 is 11.1 Å². The molecule has 0 spiro atoms. The zero-order valence-electron chi connectivity index (χ0n) is 17.7. The molecule has 0 atom stereocenters. The second kappa shape index (κ2) is 7.99. The minimum Gasteiger partial charge on any atom is -0.268 e. The Morgan fingerprint density at radius 1 is 1.00 bits per heavy atom. The van der Waals surface area contributed by atoms with Gasteiger partial charge < -0.3 is 0 Å². The van der Waals surface area contributed by atoms with E-state index in [1.165, 1.54) is 33.7 Å². The first-order valence-electron chi connectivity index (χ1n) is 9.99. The van der Waals surface area contributed by atoms with Crippen LogP contribution in [-0.2, 0) is 5.75 Å². The van der Waals surface area contributed by atoms with E-state index < -0.39 is 0 Å². The molecule has 5 aromatic rings. The third-order valence-corrected chi connectivity index (χ3v) is 6.88. The highest BCUT2D eigenvalue weighted by Gasteiger charge is 2.16. The van der Waals surface area contributed by atoms with Crippen LogP contribution in [0.25, 0.3) is 21.6 Å². The van der Waals surface area contributed by atoms with E-state index in [0.717, 1.165) is 21.8 Å². The van der Waals surface area contributed by atoms with Crippen LogP contribution in [0.1, 0.15) is 21.8 Å². The molecule has 0 N–H and O–H groups in total. The first-order chi connectivity index (χ1) is 15.4. The number of hydrogen-bond acceptors (Lipinski definition) is 7. The summed E-state index contributed by atoms with van der Waals surface area (Å²) in [7, 11) is 0. The zero-order chi connectivity index (χ0) is 22.4. The molecule has 0 amide bonds. The Hall–Kier alpha value is -3.30. The monoisotopic (exact) mass is 461 g/mol. The predicted octanol–water partition coefficient (Wildman–Crippen LogP) is 4.07. The minimum absolute atomic E-state index is 0.119. The summed E-state index contributed by atoms with van der Waals surface area (Å²) in [5, 5.41) is 6.08. The standard InChI is InChI=1S/C23H19N5O2S2/c1-13-8-9-19(14(2)10-13)27-21(30)17-6-4-5-7-18(17)25-22(27)31-12-16-11-20(29)28-23(24-16)32-15(3)26-28/h4-11H,12H2,1-3H3. The van der Waals surface area contributed by atoms with Gasteiger partial charge in [-0.2, -0.15) is 9.61 Å². The molecule has 9 heteroatoms. The number of rotatable bonds is 4. The van der Waals surface area contributed by atoms with Crippen molar-refractivity contribution in [2.75, 3.05) is 0 Å². The van der Waals surface area contributed by atoms with Crippen molar-refractivity contribution in [3.05, 3.63) is 91.1 Å². The number of benzene rings is 2. The first kappa shape index (κ1) is 20.6. The third-order valence-electron chi connectivity index (χ3n) is 5.09. The molecule has 0 saturated heterocycles. The minimum atomic E-state index is -0.215. The normalized spacial score (nSPS) is 11.5. The number of para-hydroxylation sites is 1. The fraction of sp³-hybridized carbons (Fsp3) is 0.174. The van der Waals surface area contributed by atoms with E-state index in [0.29, 0.717) is 32.5 Å². The lowest BCUT2D eigenvalue weighted by Gasteiger charge is -2.15. The Balaban J connectivity index is 1.63. The molecule has 0 aliphatic rings. The average Bonchev–Trinajstić information content (AvgIpc) is 3.14. The van der Waals surface area contributed by atoms with Gasteiger partial charge in [0.1, 0.15) is 5.01 Å². The molecular formula is C23H19N5O2S2. The Labute approximate surface area is 191 Å². The summed E-state index contributed by atoms with van der Waals surface area (Å²) in [6, 6.07) is 14.8. The molecule has 0 aliphatic heterocycles. The van der Waals surface area contributed by atoms with E-state index in [1.54, 1.807) is 10.6 Å². The Morgan fingerprint density at radius 2 is 1.81 bits per heavy atom. The van der Waals surface area contributed by atoms with Crippen molar-refractivity contribution in [2.45, 2.75) is 31.7 Å². The average molecular weight is 462 g/mol. The lowest BCUT2D eigenvalue weighted by Crippen LogP contribution is -2.22. The molecule has 0 radical (unpaired) electrons. The van der Waals surface area contributed by atoms with Crippen molar-refractivity contribution >= 4 is 39.0 Å². The van der Waals surface area contributed by atoms with Crippen molar-refractivity contribution in [3.63, 3.8) is 0 Å². The van der Waals surface area contributed by atoms with Crippen molar-refractivity contribution in [3.8, 4) is 5.69 Å². The number of aryl methyl sites for hydroxylation is 3. The summed E-state index contributed by atoms with van der Waals surface area (Å²) in [6.07, 6.45) is 0. The molecular weight excluding hydrogens is 442 g/mol. The van der Waals surface area contributed by atoms with Crippen molar-refractivity contribution in [1.29, 1.82) is 0 Å². The summed E-state index contributed by atoms with van der Waals surface area (Å²) in [5.74, 6) is 0.401. The summed E-state index contributed by atoms with van der Waals surface area (Å²) < 4.78 is 2.97. The third kappa shape index (κ3) is 3.63. The molecule has 5 rings (SSSR count). The molecule has 0 saturated carbocycles. The highest BCUT2D eigenvalue weighted by molar-refractivity contribution is 7.98. The van der Waals surface area contributed by atoms with Crippen molar-refractivity contribution in [2.24, 2.45) is 0 Å². The number of fused-ring (bicyclic) bond motifs is 2. The largest absolute Gasteiger partial charge is 0.275 e. The van der Waals surface area contributed by atoms with Crippen LogP contribution in [0.5, 0.6) is 0 Å². The van der Waals surface area contributed by atoms with Gasteiger partial charge in [-0.25, -0.2) is 9.97 Å². The van der Waals surface area contributed by atoms with E-state index >= 15 is 0 Å². The van der Waals surface area contributed by atoms with Crippen LogP contribution >= 0.6 is 23.1 Å². The topological polar surface area (TPSA) is 82.2 Å². The first-order valence-corrected chi connectivity index (χ1v) is 11.8. The molecule has 7 nitrogen and oxygen atoms in total. The summed E-state index contributed by atoms with van der Waals surface area (Å²) >= 11 is 2.76. The zero-order valence-corrected chi connectivity index (χ0v) is 19.3. The molecule has 0 fully saturated rings. The number of nitrogens with zero attached hydrogens (tertiary/aromatic N) is 5. The van der Waals surface area contributed by atoms with Gasteiger partial charge in [-0.15, -0.1) is 0 Å². The second-order valence-corrected chi connectivity index (χ2v) is 9.63. The van der Waals surface area contributed by atoms with Crippen LogP contribution in [-0.4, -0.2) is 24.1 Å². The molecule has 0 bridgehead atoms. The van der Waals surface area contributed by atoms with Crippen LogP contribution in [0.4, 0.5) is 0 Å². The number of aromatic nitrogens is 5. The van der Waals surface area contributed by atoms with Gasteiger partial charge in [0.05, 0.1) is 22.3 Å². The van der Waals surface area contributed by atoms with Gasteiger partial charge in [-0.3, -0.25) is 14.2 Å². The van der Waals surface area contributed by atoms with Gasteiger partial charge in [0, 0.05) is 11.8 Å². The SMILES string of the molecule is Cc1ccc(-n2c(SCc3cc(=O)n4nc(C)sc4n3)nc3ccccc3c2=O)c(C)c1. The maximum Gasteiger partial charge on any atom is 0.275 e. The molecule has 0 aliphatic carbocycles. The highest BCUT2D eigenvalue weighted by atomic mass is 32.2. The Morgan fingerprint density at radius 3 is 2.62 bits per heavy atom. The lowest BCUT2D eigenvalue weighted by atomic mass is 10.1. The van der Waals surface area contributed by atoms with Crippen molar-refractivity contribution in [1.82, 2.24) is 24.1 Å². The summed E-state index contributed by atoms with van der Waals surface area (Å²) in [5.41, 5.74) is 3.84. The molecule has 2 aromatic carbocycles. The molecule has 32 heavy (non-hydrogen) atoms. The maximum absolute atomic E-state index is 13.5. The molecule has 3 heterocycles.